The van der Waals surface area contributed by atoms with Crippen LogP contribution in [0.3, 0.4) is 0 Å². The third-order valence-corrected chi connectivity index (χ3v) is 5.57. The summed E-state index contributed by atoms with van der Waals surface area (Å²) in [6.45, 7) is 1.66. The van der Waals surface area contributed by atoms with Gasteiger partial charge in [-0.25, -0.2) is 4.98 Å². The number of amides is 1. The first-order valence-corrected chi connectivity index (χ1v) is 8.76. The molecule has 2 aliphatic rings. The van der Waals surface area contributed by atoms with Gasteiger partial charge in [-0.3, -0.25) is 4.79 Å². The molecule has 0 aliphatic heterocycles. The van der Waals surface area contributed by atoms with Crippen LogP contribution in [0, 0.1) is 17.8 Å². The number of alkyl halides is 3. The zero-order valence-electron chi connectivity index (χ0n) is 13.8. The predicted molar refractivity (Wildman–Crippen MR) is 86.3 cm³/mol. The Labute approximate surface area is 149 Å². The molecule has 2 fully saturated rings. The average molecular weight is 377 g/mol. The molecule has 1 aromatic rings. The van der Waals surface area contributed by atoms with Crippen molar-refractivity contribution in [3.05, 3.63) is 22.8 Å². The summed E-state index contributed by atoms with van der Waals surface area (Å²) in [5.74, 6) is 1.47. The SMILES string of the molecule is C[C@H](NC(=O)COc1ncc(C(F)(F)F)cc1Cl)[C@H]1C[C@H]2CC[C@H]1C2. The van der Waals surface area contributed by atoms with Crippen LogP contribution in [-0.2, 0) is 11.0 Å². The summed E-state index contributed by atoms with van der Waals surface area (Å²) in [5.41, 5.74) is -0.959. The maximum Gasteiger partial charge on any atom is 0.417 e. The van der Waals surface area contributed by atoms with Crippen molar-refractivity contribution in [2.24, 2.45) is 17.8 Å². The van der Waals surface area contributed by atoms with E-state index >= 15 is 0 Å². The van der Waals surface area contributed by atoms with E-state index in [1.54, 1.807) is 0 Å². The second kappa shape index (κ2) is 7.02. The van der Waals surface area contributed by atoms with E-state index in [4.69, 9.17) is 16.3 Å². The van der Waals surface area contributed by atoms with Gasteiger partial charge in [-0.05, 0) is 50.0 Å². The van der Waals surface area contributed by atoms with Gasteiger partial charge >= 0.3 is 6.18 Å². The molecule has 0 spiro atoms. The van der Waals surface area contributed by atoms with Crippen LogP contribution in [0.25, 0.3) is 0 Å². The van der Waals surface area contributed by atoms with Crippen LogP contribution in [0.5, 0.6) is 5.88 Å². The summed E-state index contributed by atoms with van der Waals surface area (Å²) < 4.78 is 42.9. The Kier molecular flexibility index (Phi) is 5.14. The lowest BCUT2D eigenvalue weighted by molar-refractivity contribution is -0.138. The first-order chi connectivity index (χ1) is 11.7. The lowest BCUT2D eigenvalue weighted by atomic mass is 9.84. The van der Waals surface area contributed by atoms with Crippen molar-refractivity contribution >= 4 is 17.5 Å². The Morgan fingerprint density at radius 3 is 2.76 bits per heavy atom. The molecule has 1 N–H and O–H groups in total. The zero-order chi connectivity index (χ0) is 18.2. The summed E-state index contributed by atoms with van der Waals surface area (Å²) in [7, 11) is 0. The fraction of sp³-hybridized carbons (Fsp3) is 0.647. The number of hydrogen-bond donors (Lipinski definition) is 1. The minimum absolute atomic E-state index is 0.0578. The molecule has 4 atom stereocenters. The van der Waals surface area contributed by atoms with Crippen LogP contribution in [0.4, 0.5) is 13.2 Å². The third-order valence-electron chi connectivity index (χ3n) is 5.30. The number of pyridine rings is 1. The van der Waals surface area contributed by atoms with E-state index in [0.29, 0.717) is 18.0 Å². The fourth-order valence-corrected chi connectivity index (χ4v) is 4.35. The lowest BCUT2D eigenvalue weighted by Gasteiger charge is -2.28. The number of fused-ring (bicyclic) bond motifs is 2. The van der Waals surface area contributed by atoms with Gasteiger partial charge in [-0.1, -0.05) is 18.0 Å². The van der Waals surface area contributed by atoms with E-state index in [2.05, 4.69) is 10.3 Å². The highest BCUT2D eigenvalue weighted by atomic mass is 35.5. The molecule has 3 rings (SSSR count). The van der Waals surface area contributed by atoms with Gasteiger partial charge in [0.15, 0.2) is 6.61 Å². The van der Waals surface area contributed by atoms with Gasteiger partial charge in [0.1, 0.15) is 5.02 Å². The molecular formula is C17H20ClF3N2O2. The summed E-state index contributed by atoms with van der Waals surface area (Å²) in [5, 5.41) is 2.64. The Bertz CT molecular complexity index is 653. The largest absolute Gasteiger partial charge is 0.467 e. The average Bonchev–Trinajstić information content (AvgIpc) is 3.15. The highest BCUT2D eigenvalue weighted by Crippen LogP contribution is 2.49. The van der Waals surface area contributed by atoms with E-state index in [0.717, 1.165) is 18.4 Å². The monoisotopic (exact) mass is 376 g/mol. The number of halogens is 4. The number of nitrogens with one attached hydrogen (secondary N) is 1. The van der Waals surface area contributed by atoms with Crippen LogP contribution in [0.1, 0.15) is 38.2 Å². The third kappa shape index (κ3) is 4.19. The van der Waals surface area contributed by atoms with Crippen LogP contribution in [0.2, 0.25) is 5.02 Å². The van der Waals surface area contributed by atoms with Crippen LogP contribution in [0.15, 0.2) is 12.3 Å². The van der Waals surface area contributed by atoms with Crippen molar-refractivity contribution in [1.82, 2.24) is 10.3 Å². The smallest absolute Gasteiger partial charge is 0.417 e. The van der Waals surface area contributed by atoms with Gasteiger partial charge in [0.25, 0.3) is 5.91 Å². The molecular weight excluding hydrogens is 357 g/mol. The van der Waals surface area contributed by atoms with Crippen molar-refractivity contribution in [1.29, 1.82) is 0 Å². The highest BCUT2D eigenvalue weighted by molar-refractivity contribution is 6.31. The molecule has 2 saturated carbocycles. The standard InChI is InChI=1S/C17H20ClF3N2O2/c1-9(13-5-10-2-3-11(13)4-10)23-15(24)8-25-16-14(18)6-12(7-22-16)17(19,20)21/h6-7,9-11,13H,2-5,8H2,1H3,(H,23,24)/t9-,10-,11-,13+/m0/s1. The lowest BCUT2D eigenvalue weighted by Crippen LogP contribution is -2.42. The molecule has 138 valence electrons. The molecule has 4 nitrogen and oxygen atoms in total. The Morgan fingerprint density at radius 1 is 1.44 bits per heavy atom. The van der Waals surface area contributed by atoms with E-state index < -0.39 is 11.7 Å². The molecule has 1 amide bonds. The summed E-state index contributed by atoms with van der Waals surface area (Å²) in [4.78, 5) is 15.6. The number of ether oxygens (including phenoxy) is 1. The quantitative estimate of drug-likeness (QED) is 0.842. The van der Waals surface area contributed by atoms with Crippen LogP contribution < -0.4 is 10.1 Å². The van der Waals surface area contributed by atoms with E-state index in [1.165, 1.54) is 19.3 Å². The number of rotatable bonds is 5. The molecule has 1 heterocycles. The van der Waals surface area contributed by atoms with E-state index in [1.807, 2.05) is 6.92 Å². The normalized spacial score (nSPS) is 26.5. The minimum atomic E-state index is -4.53. The summed E-state index contributed by atoms with van der Waals surface area (Å²) in [6, 6.07) is 0.794. The second-order valence-electron chi connectivity index (χ2n) is 6.99. The van der Waals surface area contributed by atoms with Gasteiger partial charge in [-0.15, -0.1) is 0 Å². The zero-order valence-corrected chi connectivity index (χ0v) is 14.5. The molecule has 2 bridgehead atoms. The number of aromatic nitrogens is 1. The van der Waals surface area contributed by atoms with Gasteiger partial charge < -0.3 is 10.1 Å². The number of carbonyl (C=O) groups is 1. The maximum atomic E-state index is 12.6. The molecule has 2 aliphatic carbocycles. The Morgan fingerprint density at radius 2 is 2.20 bits per heavy atom. The van der Waals surface area contributed by atoms with Crippen molar-refractivity contribution in [2.75, 3.05) is 6.61 Å². The van der Waals surface area contributed by atoms with Crippen molar-refractivity contribution in [3.63, 3.8) is 0 Å². The molecule has 0 unspecified atom stereocenters. The van der Waals surface area contributed by atoms with Crippen molar-refractivity contribution in [2.45, 2.75) is 44.8 Å². The first kappa shape index (κ1) is 18.3. The number of hydrogen-bond acceptors (Lipinski definition) is 3. The van der Waals surface area contributed by atoms with Gasteiger partial charge in [-0.2, -0.15) is 13.2 Å². The maximum absolute atomic E-state index is 12.6. The Balaban J connectivity index is 1.50. The Hall–Kier alpha value is -1.50. The van der Waals surface area contributed by atoms with Crippen molar-refractivity contribution < 1.29 is 22.7 Å². The molecule has 0 saturated heterocycles. The van der Waals surface area contributed by atoms with Crippen LogP contribution >= 0.6 is 11.6 Å². The second-order valence-corrected chi connectivity index (χ2v) is 7.40. The number of nitrogens with zero attached hydrogens (tertiary/aromatic N) is 1. The highest BCUT2D eigenvalue weighted by Gasteiger charge is 2.42. The summed E-state index contributed by atoms with van der Waals surface area (Å²) in [6.07, 6.45) is 1.05. The van der Waals surface area contributed by atoms with Crippen molar-refractivity contribution in [3.8, 4) is 5.88 Å². The van der Waals surface area contributed by atoms with Gasteiger partial charge in [0.05, 0.1) is 5.56 Å². The topological polar surface area (TPSA) is 51.2 Å². The van der Waals surface area contributed by atoms with Gasteiger partial charge in [0, 0.05) is 12.2 Å². The molecule has 1 aromatic heterocycles. The first-order valence-electron chi connectivity index (χ1n) is 8.39. The predicted octanol–water partition coefficient (Wildman–Crippen LogP) is 4.07. The van der Waals surface area contributed by atoms with E-state index in [9.17, 15) is 18.0 Å². The molecule has 25 heavy (non-hydrogen) atoms. The molecule has 0 radical (unpaired) electrons. The van der Waals surface area contributed by atoms with E-state index in [-0.39, 0.29) is 29.5 Å². The van der Waals surface area contributed by atoms with Crippen LogP contribution in [-0.4, -0.2) is 23.5 Å². The molecule has 0 aromatic carbocycles. The minimum Gasteiger partial charge on any atom is -0.467 e. The molecule has 8 heteroatoms. The fourth-order valence-electron chi connectivity index (χ4n) is 4.13. The van der Waals surface area contributed by atoms with Gasteiger partial charge in [0.2, 0.25) is 5.88 Å². The summed E-state index contributed by atoms with van der Waals surface area (Å²) >= 11 is 5.75. The number of carbonyl (C=O) groups excluding carboxylic acids is 1.